The Bertz CT molecular complexity index is 459. The zero-order valence-electron chi connectivity index (χ0n) is 10.1. The molecule has 0 spiro atoms. The normalized spacial score (nSPS) is 22.2. The molecule has 1 fully saturated rings. The standard InChI is InChI=1S/C13H15NO4/c1-13(11(15)16)7-8-14(13)12(17)18-9-10-5-3-2-4-6-10/h2-6H,7-9H2,1H3,(H,15,16). The smallest absolute Gasteiger partial charge is 0.411 e. The van der Waals surface area contributed by atoms with Crippen molar-refractivity contribution in [3.8, 4) is 0 Å². The molecule has 0 saturated carbocycles. The number of carboxylic acid groups (broad SMARTS) is 1. The molecule has 5 heteroatoms. The highest BCUT2D eigenvalue weighted by atomic mass is 16.6. The van der Waals surface area contributed by atoms with Crippen LogP contribution in [0.1, 0.15) is 18.9 Å². The van der Waals surface area contributed by atoms with Crippen molar-refractivity contribution < 1.29 is 19.4 Å². The molecule has 1 aromatic carbocycles. The van der Waals surface area contributed by atoms with Crippen LogP contribution in [-0.2, 0) is 16.1 Å². The van der Waals surface area contributed by atoms with Gasteiger partial charge in [0.15, 0.2) is 0 Å². The zero-order chi connectivity index (χ0) is 13.2. The molecule has 1 aromatic rings. The van der Waals surface area contributed by atoms with Crippen LogP contribution in [0.3, 0.4) is 0 Å². The molecule has 1 heterocycles. The summed E-state index contributed by atoms with van der Waals surface area (Å²) in [4.78, 5) is 24.1. The minimum absolute atomic E-state index is 0.159. The largest absolute Gasteiger partial charge is 0.480 e. The number of amides is 1. The highest BCUT2D eigenvalue weighted by Gasteiger charge is 2.50. The van der Waals surface area contributed by atoms with Crippen LogP contribution in [0.25, 0.3) is 0 Å². The molecule has 1 atom stereocenters. The molecule has 1 saturated heterocycles. The van der Waals surface area contributed by atoms with E-state index >= 15 is 0 Å². The average molecular weight is 249 g/mol. The number of nitrogens with zero attached hydrogens (tertiary/aromatic N) is 1. The van der Waals surface area contributed by atoms with Crippen LogP contribution in [0.5, 0.6) is 0 Å². The van der Waals surface area contributed by atoms with E-state index in [4.69, 9.17) is 9.84 Å². The summed E-state index contributed by atoms with van der Waals surface area (Å²) in [5.74, 6) is -0.995. The minimum atomic E-state index is -1.12. The summed E-state index contributed by atoms with van der Waals surface area (Å²) in [6.45, 7) is 2.12. The fourth-order valence-corrected chi connectivity index (χ4v) is 1.87. The van der Waals surface area contributed by atoms with Crippen molar-refractivity contribution in [1.82, 2.24) is 4.90 Å². The van der Waals surface area contributed by atoms with Crippen LogP contribution in [0.15, 0.2) is 30.3 Å². The first-order valence-electron chi connectivity index (χ1n) is 5.76. The molecule has 5 nitrogen and oxygen atoms in total. The van der Waals surface area contributed by atoms with Crippen LogP contribution in [0.4, 0.5) is 4.79 Å². The van der Waals surface area contributed by atoms with Gasteiger partial charge in [-0.15, -0.1) is 0 Å². The SMILES string of the molecule is CC1(C(=O)O)CCN1C(=O)OCc1ccccc1. The van der Waals surface area contributed by atoms with E-state index < -0.39 is 17.6 Å². The Morgan fingerprint density at radius 3 is 2.56 bits per heavy atom. The van der Waals surface area contributed by atoms with Gasteiger partial charge in [0.25, 0.3) is 0 Å². The third-order valence-electron chi connectivity index (χ3n) is 3.30. The number of benzene rings is 1. The van der Waals surface area contributed by atoms with Crippen LogP contribution in [0, 0.1) is 0 Å². The summed E-state index contributed by atoms with van der Waals surface area (Å²) in [7, 11) is 0. The van der Waals surface area contributed by atoms with Gasteiger partial charge in [-0.05, 0) is 18.9 Å². The molecule has 1 amide bonds. The number of carbonyl (C=O) groups excluding carboxylic acids is 1. The van der Waals surface area contributed by atoms with Gasteiger partial charge in [0.05, 0.1) is 0 Å². The number of hydrogen-bond donors (Lipinski definition) is 1. The quantitative estimate of drug-likeness (QED) is 0.888. The van der Waals surface area contributed by atoms with E-state index in [1.165, 1.54) is 11.8 Å². The Morgan fingerprint density at radius 1 is 1.39 bits per heavy atom. The zero-order valence-corrected chi connectivity index (χ0v) is 10.1. The van der Waals surface area contributed by atoms with Crippen LogP contribution in [0.2, 0.25) is 0 Å². The molecule has 18 heavy (non-hydrogen) atoms. The second kappa shape index (κ2) is 4.68. The summed E-state index contributed by atoms with van der Waals surface area (Å²) < 4.78 is 5.10. The van der Waals surface area contributed by atoms with Gasteiger partial charge < -0.3 is 9.84 Å². The van der Waals surface area contributed by atoms with Gasteiger partial charge in [0, 0.05) is 6.54 Å². The predicted molar refractivity (Wildman–Crippen MR) is 64.0 cm³/mol. The van der Waals surface area contributed by atoms with E-state index in [2.05, 4.69) is 0 Å². The molecule has 1 aliphatic heterocycles. The molecule has 1 unspecified atom stereocenters. The molecule has 1 aliphatic rings. The van der Waals surface area contributed by atoms with E-state index in [-0.39, 0.29) is 6.61 Å². The van der Waals surface area contributed by atoms with Crippen LogP contribution in [-0.4, -0.2) is 34.2 Å². The summed E-state index contributed by atoms with van der Waals surface area (Å²) in [6, 6.07) is 9.28. The van der Waals surface area contributed by atoms with Gasteiger partial charge in [-0.3, -0.25) is 4.90 Å². The fraction of sp³-hybridized carbons (Fsp3) is 0.385. The van der Waals surface area contributed by atoms with Gasteiger partial charge in [-0.2, -0.15) is 0 Å². The molecule has 2 rings (SSSR count). The summed E-state index contributed by atoms with van der Waals surface area (Å²) in [6.07, 6.45) is -0.113. The second-order valence-electron chi connectivity index (χ2n) is 4.52. The fourth-order valence-electron chi connectivity index (χ4n) is 1.87. The monoisotopic (exact) mass is 249 g/mol. The van der Waals surface area contributed by atoms with Gasteiger partial charge in [0.1, 0.15) is 12.1 Å². The van der Waals surface area contributed by atoms with Crippen molar-refractivity contribution in [1.29, 1.82) is 0 Å². The molecule has 96 valence electrons. The third-order valence-corrected chi connectivity index (χ3v) is 3.30. The Kier molecular flexibility index (Phi) is 3.23. The minimum Gasteiger partial charge on any atom is -0.480 e. The molecule has 1 N–H and O–H groups in total. The Morgan fingerprint density at radius 2 is 2.06 bits per heavy atom. The predicted octanol–water partition coefficient (Wildman–Crippen LogP) is 1.87. The molecule has 0 radical (unpaired) electrons. The molecule has 0 bridgehead atoms. The highest BCUT2D eigenvalue weighted by Crippen LogP contribution is 2.31. The second-order valence-corrected chi connectivity index (χ2v) is 4.52. The number of carboxylic acids is 1. The van der Waals surface area contributed by atoms with Crippen molar-refractivity contribution in [3.05, 3.63) is 35.9 Å². The van der Waals surface area contributed by atoms with Gasteiger partial charge >= 0.3 is 12.1 Å². The number of rotatable bonds is 3. The Hall–Kier alpha value is -2.04. The number of hydrogen-bond acceptors (Lipinski definition) is 3. The van der Waals surface area contributed by atoms with Crippen molar-refractivity contribution in [2.24, 2.45) is 0 Å². The van der Waals surface area contributed by atoms with E-state index in [0.717, 1.165) is 5.56 Å². The number of ether oxygens (including phenoxy) is 1. The number of aliphatic carboxylic acids is 1. The topological polar surface area (TPSA) is 66.8 Å². The van der Waals surface area contributed by atoms with E-state index in [1.54, 1.807) is 0 Å². The lowest BCUT2D eigenvalue weighted by Gasteiger charge is -2.46. The maximum atomic E-state index is 11.8. The lowest BCUT2D eigenvalue weighted by Crippen LogP contribution is -2.64. The lowest BCUT2D eigenvalue weighted by atomic mass is 9.87. The molecule has 0 aliphatic carbocycles. The van der Waals surface area contributed by atoms with E-state index in [9.17, 15) is 9.59 Å². The number of likely N-dealkylation sites (tertiary alicyclic amines) is 1. The van der Waals surface area contributed by atoms with Crippen molar-refractivity contribution in [3.63, 3.8) is 0 Å². The van der Waals surface area contributed by atoms with Crippen LogP contribution >= 0.6 is 0 Å². The van der Waals surface area contributed by atoms with Gasteiger partial charge in [-0.1, -0.05) is 30.3 Å². The summed E-state index contributed by atoms with van der Waals surface area (Å²) in [5.41, 5.74) is -0.239. The van der Waals surface area contributed by atoms with Gasteiger partial charge in [-0.25, -0.2) is 9.59 Å². The van der Waals surface area contributed by atoms with Gasteiger partial charge in [0.2, 0.25) is 0 Å². The van der Waals surface area contributed by atoms with E-state index in [0.29, 0.717) is 13.0 Å². The molecular formula is C13H15NO4. The van der Waals surface area contributed by atoms with Crippen LogP contribution < -0.4 is 0 Å². The van der Waals surface area contributed by atoms with Crippen molar-refractivity contribution in [2.75, 3.05) is 6.54 Å². The first-order valence-corrected chi connectivity index (χ1v) is 5.76. The number of carbonyl (C=O) groups is 2. The first-order chi connectivity index (χ1) is 8.54. The third kappa shape index (κ3) is 2.16. The van der Waals surface area contributed by atoms with Crippen molar-refractivity contribution >= 4 is 12.1 Å². The Labute approximate surface area is 105 Å². The average Bonchev–Trinajstić information content (AvgIpc) is 2.35. The summed E-state index contributed by atoms with van der Waals surface area (Å²) in [5, 5.41) is 9.05. The summed E-state index contributed by atoms with van der Waals surface area (Å²) >= 11 is 0. The first kappa shape index (κ1) is 12.4. The van der Waals surface area contributed by atoms with E-state index in [1.807, 2.05) is 30.3 Å². The highest BCUT2D eigenvalue weighted by molar-refractivity contribution is 5.85. The molecular weight excluding hydrogens is 234 g/mol. The Balaban J connectivity index is 1.92. The molecule has 0 aromatic heterocycles. The maximum absolute atomic E-state index is 11.8. The lowest BCUT2D eigenvalue weighted by molar-refractivity contribution is -0.157. The van der Waals surface area contributed by atoms with Crippen molar-refractivity contribution in [2.45, 2.75) is 25.5 Å². The maximum Gasteiger partial charge on any atom is 0.411 e.